The molecule has 25 heavy (non-hydrogen) atoms. The highest BCUT2D eigenvalue weighted by atomic mass is 32.2. The lowest BCUT2D eigenvalue weighted by Gasteiger charge is -2.07. The van der Waals surface area contributed by atoms with Gasteiger partial charge in [-0.1, -0.05) is 0 Å². The monoisotopic (exact) mass is 365 g/mol. The van der Waals surface area contributed by atoms with Gasteiger partial charge in [-0.2, -0.15) is 0 Å². The summed E-state index contributed by atoms with van der Waals surface area (Å²) in [4.78, 5) is 23.2. The molecule has 0 aromatic heterocycles. The summed E-state index contributed by atoms with van der Waals surface area (Å²) in [7, 11) is -2.41. The summed E-state index contributed by atoms with van der Waals surface area (Å²) in [5.41, 5.74) is 0.760. The van der Waals surface area contributed by atoms with Gasteiger partial charge in [0.25, 0.3) is 0 Å². The molecule has 1 amide bonds. The van der Waals surface area contributed by atoms with Gasteiger partial charge < -0.3 is 10.1 Å². The summed E-state index contributed by atoms with van der Waals surface area (Å²) in [6.45, 7) is 0. The van der Waals surface area contributed by atoms with Crippen molar-refractivity contribution in [2.45, 2.75) is 11.3 Å². The van der Waals surface area contributed by atoms with Gasteiger partial charge in [0, 0.05) is 12.1 Å². The molecule has 0 aliphatic rings. The van der Waals surface area contributed by atoms with Crippen LogP contribution < -0.4 is 5.32 Å². The van der Waals surface area contributed by atoms with E-state index in [1.807, 2.05) is 0 Å². The number of methoxy groups -OCH3 is 1. The van der Waals surface area contributed by atoms with E-state index in [0.717, 1.165) is 24.3 Å². The first-order chi connectivity index (χ1) is 11.8. The number of carbonyl (C=O) groups is 2. The van der Waals surface area contributed by atoms with Crippen molar-refractivity contribution in [3.05, 3.63) is 59.9 Å². The van der Waals surface area contributed by atoms with E-state index in [0.29, 0.717) is 11.3 Å². The first-order valence-electron chi connectivity index (χ1n) is 7.28. The third-order valence-electron chi connectivity index (χ3n) is 3.36. The van der Waals surface area contributed by atoms with E-state index in [4.69, 9.17) is 0 Å². The number of benzene rings is 2. The number of anilines is 1. The molecule has 2 aromatic rings. The number of amides is 1. The first-order valence-corrected chi connectivity index (χ1v) is 8.93. The predicted molar refractivity (Wildman–Crippen MR) is 89.5 cm³/mol. The van der Waals surface area contributed by atoms with E-state index in [2.05, 4.69) is 10.1 Å². The van der Waals surface area contributed by atoms with Crippen molar-refractivity contribution in [1.82, 2.24) is 0 Å². The smallest absolute Gasteiger partial charge is 0.337 e. The second-order valence-corrected chi connectivity index (χ2v) is 7.25. The SMILES string of the molecule is COC(=O)c1ccc(NC(=O)CCS(=O)(=O)c2ccc(F)cc2)cc1. The van der Waals surface area contributed by atoms with E-state index < -0.39 is 33.3 Å². The Balaban J connectivity index is 1.94. The second kappa shape index (κ2) is 7.89. The highest BCUT2D eigenvalue weighted by molar-refractivity contribution is 7.91. The minimum Gasteiger partial charge on any atom is -0.465 e. The topological polar surface area (TPSA) is 89.5 Å². The molecule has 0 bridgehead atoms. The number of hydrogen-bond acceptors (Lipinski definition) is 5. The van der Waals surface area contributed by atoms with Crippen molar-refractivity contribution in [3.63, 3.8) is 0 Å². The van der Waals surface area contributed by atoms with Crippen molar-refractivity contribution in [3.8, 4) is 0 Å². The molecule has 0 fully saturated rings. The molecule has 132 valence electrons. The fourth-order valence-electron chi connectivity index (χ4n) is 2.02. The Morgan fingerprint density at radius 3 is 2.20 bits per heavy atom. The van der Waals surface area contributed by atoms with Crippen LogP contribution >= 0.6 is 0 Å². The lowest BCUT2D eigenvalue weighted by Crippen LogP contribution is -2.17. The first kappa shape index (κ1) is 18.6. The number of hydrogen-bond donors (Lipinski definition) is 1. The molecule has 2 aromatic carbocycles. The quantitative estimate of drug-likeness (QED) is 0.627. The molecule has 6 nitrogen and oxygen atoms in total. The standard InChI is InChI=1S/C17H16FNO5S/c1-24-17(21)12-2-6-14(7-3-12)19-16(20)10-11-25(22,23)15-8-4-13(18)5-9-15/h2-9H,10-11H2,1H3,(H,19,20). The van der Waals surface area contributed by atoms with Gasteiger partial charge in [-0.15, -0.1) is 0 Å². The van der Waals surface area contributed by atoms with Crippen LogP contribution in [0.1, 0.15) is 16.8 Å². The largest absolute Gasteiger partial charge is 0.465 e. The van der Waals surface area contributed by atoms with Crippen LogP contribution in [0.2, 0.25) is 0 Å². The van der Waals surface area contributed by atoms with Gasteiger partial charge in [-0.25, -0.2) is 17.6 Å². The van der Waals surface area contributed by atoms with E-state index in [-0.39, 0.29) is 11.3 Å². The summed E-state index contributed by atoms with van der Waals surface area (Å²) in [5.74, 6) is -1.92. The Bertz CT molecular complexity index is 861. The Kier molecular flexibility index (Phi) is 5.87. The van der Waals surface area contributed by atoms with Crippen molar-refractivity contribution >= 4 is 27.4 Å². The van der Waals surface area contributed by atoms with Crippen LogP contribution in [-0.4, -0.2) is 33.2 Å². The lowest BCUT2D eigenvalue weighted by atomic mass is 10.2. The Labute approximate surface area is 144 Å². The van der Waals surface area contributed by atoms with Crippen molar-refractivity contribution < 1.29 is 27.1 Å². The number of ether oxygens (including phenoxy) is 1. The number of halogens is 1. The lowest BCUT2D eigenvalue weighted by molar-refractivity contribution is -0.115. The van der Waals surface area contributed by atoms with Crippen LogP contribution in [0.3, 0.4) is 0 Å². The average molecular weight is 365 g/mol. The van der Waals surface area contributed by atoms with Gasteiger partial charge in [0.1, 0.15) is 5.82 Å². The van der Waals surface area contributed by atoms with Gasteiger partial charge >= 0.3 is 5.97 Å². The molecule has 1 N–H and O–H groups in total. The molecule has 0 unspecified atom stereocenters. The van der Waals surface area contributed by atoms with Crippen LogP contribution in [0.5, 0.6) is 0 Å². The highest BCUT2D eigenvalue weighted by Crippen LogP contribution is 2.14. The molecule has 2 rings (SSSR count). The maximum Gasteiger partial charge on any atom is 0.337 e. The predicted octanol–water partition coefficient (Wildman–Crippen LogP) is 2.41. The Hall–Kier alpha value is -2.74. The third-order valence-corrected chi connectivity index (χ3v) is 5.09. The van der Waals surface area contributed by atoms with Crippen molar-refractivity contribution in [2.24, 2.45) is 0 Å². The van der Waals surface area contributed by atoms with Gasteiger partial charge in [0.15, 0.2) is 9.84 Å². The molecule has 0 aliphatic carbocycles. The summed E-state index contributed by atoms with van der Waals surface area (Å²) >= 11 is 0. The van der Waals surface area contributed by atoms with E-state index in [1.165, 1.54) is 31.4 Å². The van der Waals surface area contributed by atoms with Crippen molar-refractivity contribution in [1.29, 1.82) is 0 Å². The number of rotatable bonds is 6. The number of sulfone groups is 1. The average Bonchev–Trinajstić information content (AvgIpc) is 2.60. The zero-order valence-electron chi connectivity index (χ0n) is 13.4. The molecule has 0 heterocycles. The molecule has 0 atom stereocenters. The van der Waals surface area contributed by atoms with E-state index >= 15 is 0 Å². The van der Waals surface area contributed by atoms with Gasteiger partial charge in [-0.3, -0.25) is 4.79 Å². The zero-order chi connectivity index (χ0) is 18.4. The maximum atomic E-state index is 12.8. The fraction of sp³-hybridized carbons (Fsp3) is 0.176. The molecule has 0 aliphatic heterocycles. The molecule has 0 saturated heterocycles. The summed E-state index contributed by atoms with van der Waals surface area (Å²) in [6.07, 6.45) is -0.252. The van der Waals surface area contributed by atoms with Crippen LogP contribution in [0.4, 0.5) is 10.1 Å². The van der Waals surface area contributed by atoms with Crippen LogP contribution in [0, 0.1) is 5.82 Å². The van der Waals surface area contributed by atoms with Crippen molar-refractivity contribution in [2.75, 3.05) is 18.2 Å². The van der Waals surface area contributed by atoms with E-state index in [9.17, 15) is 22.4 Å². The maximum absolute atomic E-state index is 12.8. The van der Waals surface area contributed by atoms with Gasteiger partial charge in [0.2, 0.25) is 5.91 Å². The normalized spacial score (nSPS) is 11.0. The minimum atomic E-state index is -3.67. The summed E-state index contributed by atoms with van der Waals surface area (Å²) < 4.78 is 41.6. The highest BCUT2D eigenvalue weighted by Gasteiger charge is 2.16. The Morgan fingerprint density at radius 2 is 1.64 bits per heavy atom. The van der Waals surface area contributed by atoms with Crippen LogP contribution in [0.25, 0.3) is 0 Å². The molecule has 0 saturated carbocycles. The number of nitrogens with one attached hydrogen (secondary N) is 1. The van der Waals surface area contributed by atoms with Crippen LogP contribution in [0.15, 0.2) is 53.4 Å². The molecular weight excluding hydrogens is 349 g/mol. The molecule has 8 heteroatoms. The molecule has 0 spiro atoms. The minimum absolute atomic E-state index is 0.0378. The second-order valence-electron chi connectivity index (χ2n) is 5.14. The third kappa shape index (κ3) is 5.12. The number of carbonyl (C=O) groups excluding carboxylic acids is 2. The summed E-state index contributed by atoms with van der Waals surface area (Å²) in [5, 5.41) is 2.54. The van der Waals surface area contributed by atoms with Crippen LogP contribution in [-0.2, 0) is 19.4 Å². The fourth-order valence-corrected chi connectivity index (χ4v) is 3.26. The van der Waals surface area contributed by atoms with Gasteiger partial charge in [0.05, 0.1) is 23.3 Å². The van der Waals surface area contributed by atoms with Gasteiger partial charge in [-0.05, 0) is 48.5 Å². The zero-order valence-corrected chi connectivity index (χ0v) is 14.2. The molecule has 0 radical (unpaired) electrons. The molecular formula is C17H16FNO5S. The summed E-state index contributed by atoms with van der Waals surface area (Å²) in [6, 6.07) is 10.4. The Morgan fingerprint density at radius 1 is 1.04 bits per heavy atom. The number of esters is 1. The van der Waals surface area contributed by atoms with E-state index in [1.54, 1.807) is 0 Å².